The van der Waals surface area contributed by atoms with Crippen LogP contribution < -0.4 is 5.73 Å². The zero-order valence-corrected chi connectivity index (χ0v) is 6.30. The SMILES string of the molecule is N[C@@]1(CO)C=CC=C(Cl)C1. The van der Waals surface area contributed by atoms with E-state index in [1.165, 1.54) is 0 Å². The summed E-state index contributed by atoms with van der Waals surface area (Å²) < 4.78 is 0. The highest BCUT2D eigenvalue weighted by atomic mass is 35.5. The van der Waals surface area contributed by atoms with Crippen molar-refractivity contribution in [3.05, 3.63) is 23.3 Å². The van der Waals surface area contributed by atoms with Crippen molar-refractivity contribution in [2.24, 2.45) is 5.73 Å². The van der Waals surface area contributed by atoms with E-state index in [1.807, 2.05) is 0 Å². The molecule has 0 saturated heterocycles. The Hall–Kier alpha value is -0.310. The average molecular weight is 160 g/mol. The molecule has 0 aliphatic heterocycles. The van der Waals surface area contributed by atoms with Crippen LogP contribution >= 0.6 is 11.6 Å². The normalized spacial score (nSPS) is 32.1. The van der Waals surface area contributed by atoms with Crippen molar-refractivity contribution in [2.45, 2.75) is 12.0 Å². The molecule has 0 amide bonds. The largest absolute Gasteiger partial charge is 0.394 e. The number of aliphatic hydroxyl groups is 1. The van der Waals surface area contributed by atoms with Crippen LogP contribution in [0.15, 0.2) is 23.3 Å². The Morgan fingerprint density at radius 3 is 2.90 bits per heavy atom. The molecule has 0 saturated carbocycles. The number of rotatable bonds is 1. The van der Waals surface area contributed by atoms with Gasteiger partial charge in [0.15, 0.2) is 0 Å². The van der Waals surface area contributed by atoms with Gasteiger partial charge in [0.25, 0.3) is 0 Å². The predicted octanol–water partition coefficient (Wildman–Crippen LogP) is 0.759. The van der Waals surface area contributed by atoms with Crippen molar-refractivity contribution in [3.63, 3.8) is 0 Å². The second-order valence-electron chi connectivity index (χ2n) is 2.54. The van der Waals surface area contributed by atoms with Crippen LogP contribution in [0.5, 0.6) is 0 Å². The topological polar surface area (TPSA) is 46.2 Å². The molecule has 0 bridgehead atoms. The van der Waals surface area contributed by atoms with Crippen LogP contribution in [0.1, 0.15) is 6.42 Å². The van der Waals surface area contributed by atoms with Gasteiger partial charge >= 0.3 is 0 Å². The second-order valence-corrected chi connectivity index (χ2v) is 3.03. The first-order chi connectivity index (χ1) is 4.66. The van der Waals surface area contributed by atoms with Gasteiger partial charge in [-0.25, -0.2) is 0 Å². The monoisotopic (exact) mass is 159 g/mol. The Kier molecular flexibility index (Phi) is 2.14. The van der Waals surface area contributed by atoms with Crippen molar-refractivity contribution in [3.8, 4) is 0 Å². The van der Waals surface area contributed by atoms with Gasteiger partial charge in [0, 0.05) is 11.5 Å². The van der Waals surface area contributed by atoms with Gasteiger partial charge in [-0.15, -0.1) is 0 Å². The van der Waals surface area contributed by atoms with Gasteiger partial charge in [0.05, 0.1) is 12.1 Å². The third-order valence-corrected chi connectivity index (χ3v) is 1.76. The van der Waals surface area contributed by atoms with E-state index in [9.17, 15) is 0 Å². The smallest absolute Gasteiger partial charge is 0.0650 e. The van der Waals surface area contributed by atoms with E-state index < -0.39 is 5.54 Å². The molecule has 3 heteroatoms. The highest BCUT2D eigenvalue weighted by molar-refractivity contribution is 6.29. The molecule has 0 fully saturated rings. The zero-order valence-electron chi connectivity index (χ0n) is 5.55. The number of nitrogens with two attached hydrogens (primary N) is 1. The van der Waals surface area contributed by atoms with E-state index in [2.05, 4.69) is 0 Å². The van der Waals surface area contributed by atoms with Crippen LogP contribution in [0.3, 0.4) is 0 Å². The van der Waals surface area contributed by atoms with Gasteiger partial charge in [-0.2, -0.15) is 0 Å². The van der Waals surface area contributed by atoms with Crippen molar-refractivity contribution in [1.82, 2.24) is 0 Å². The fourth-order valence-electron chi connectivity index (χ4n) is 0.885. The molecule has 3 N–H and O–H groups in total. The van der Waals surface area contributed by atoms with E-state index in [0.717, 1.165) is 0 Å². The van der Waals surface area contributed by atoms with Gasteiger partial charge < -0.3 is 10.8 Å². The third kappa shape index (κ3) is 1.59. The lowest BCUT2D eigenvalue weighted by Gasteiger charge is -2.24. The van der Waals surface area contributed by atoms with E-state index >= 15 is 0 Å². The van der Waals surface area contributed by atoms with E-state index in [1.54, 1.807) is 18.2 Å². The molecule has 1 aliphatic rings. The summed E-state index contributed by atoms with van der Waals surface area (Å²) in [6, 6.07) is 0. The Morgan fingerprint density at radius 1 is 1.80 bits per heavy atom. The lowest BCUT2D eigenvalue weighted by Crippen LogP contribution is -2.42. The predicted molar refractivity (Wildman–Crippen MR) is 41.7 cm³/mol. The maximum absolute atomic E-state index is 8.81. The summed E-state index contributed by atoms with van der Waals surface area (Å²) in [6.45, 7) is -0.0619. The Bertz CT molecular complexity index is 188. The maximum atomic E-state index is 8.81. The fourth-order valence-corrected chi connectivity index (χ4v) is 1.21. The average Bonchev–Trinajstić information content (AvgIpc) is 1.88. The molecule has 10 heavy (non-hydrogen) atoms. The molecule has 0 aromatic carbocycles. The molecule has 0 radical (unpaired) electrons. The fraction of sp³-hybridized carbons (Fsp3) is 0.429. The molecular formula is C7H10ClNO. The number of allylic oxidation sites excluding steroid dienone is 2. The van der Waals surface area contributed by atoms with E-state index in [0.29, 0.717) is 11.5 Å². The van der Waals surface area contributed by atoms with Gasteiger partial charge in [-0.3, -0.25) is 0 Å². The van der Waals surface area contributed by atoms with Crippen LogP contribution in [0.25, 0.3) is 0 Å². The van der Waals surface area contributed by atoms with E-state index in [-0.39, 0.29) is 6.61 Å². The minimum absolute atomic E-state index is 0.0619. The van der Waals surface area contributed by atoms with Crippen LogP contribution in [-0.4, -0.2) is 17.3 Å². The van der Waals surface area contributed by atoms with Crippen LogP contribution in [-0.2, 0) is 0 Å². The maximum Gasteiger partial charge on any atom is 0.0650 e. The molecule has 0 unspecified atom stereocenters. The summed E-state index contributed by atoms with van der Waals surface area (Å²) in [6.07, 6.45) is 5.84. The standard InChI is InChI=1S/C7H10ClNO/c8-6-2-1-3-7(9,4-6)5-10/h1-3,10H,4-5,9H2/t7-/m0/s1. The van der Waals surface area contributed by atoms with Crippen LogP contribution in [0.4, 0.5) is 0 Å². The van der Waals surface area contributed by atoms with Crippen molar-refractivity contribution < 1.29 is 5.11 Å². The summed E-state index contributed by atoms with van der Waals surface area (Å²) in [5.74, 6) is 0. The molecule has 0 aromatic rings. The number of halogens is 1. The summed E-state index contributed by atoms with van der Waals surface area (Å²) in [5.41, 5.74) is 5.05. The van der Waals surface area contributed by atoms with Crippen molar-refractivity contribution in [1.29, 1.82) is 0 Å². The van der Waals surface area contributed by atoms with Crippen LogP contribution in [0.2, 0.25) is 0 Å². The first kappa shape index (κ1) is 7.79. The molecular weight excluding hydrogens is 150 g/mol. The summed E-state index contributed by atoms with van der Waals surface area (Å²) in [7, 11) is 0. The zero-order chi connectivity index (χ0) is 7.61. The molecule has 0 spiro atoms. The van der Waals surface area contributed by atoms with Crippen LogP contribution in [0, 0.1) is 0 Å². The molecule has 56 valence electrons. The van der Waals surface area contributed by atoms with Gasteiger partial charge in [-0.1, -0.05) is 23.8 Å². The summed E-state index contributed by atoms with van der Waals surface area (Å²) in [5, 5.41) is 9.50. The quantitative estimate of drug-likeness (QED) is 0.594. The first-order valence-electron chi connectivity index (χ1n) is 3.10. The van der Waals surface area contributed by atoms with Gasteiger partial charge in [0.2, 0.25) is 0 Å². The first-order valence-corrected chi connectivity index (χ1v) is 3.48. The lowest BCUT2D eigenvalue weighted by atomic mass is 9.93. The van der Waals surface area contributed by atoms with Gasteiger partial charge in [0.1, 0.15) is 0 Å². The molecule has 1 atom stereocenters. The molecule has 2 nitrogen and oxygen atoms in total. The minimum Gasteiger partial charge on any atom is -0.394 e. The number of aliphatic hydroxyl groups excluding tert-OH is 1. The molecule has 1 aliphatic carbocycles. The van der Waals surface area contributed by atoms with Crippen molar-refractivity contribution in [2.75, 3.05) is 6.61 Å². The Labute approximate surface area is 65.0 Å². The Balaban J connectivity index is 2.71. The molecule has 1 rings (SSSR count). The summed E-state index contributed by atoms with van der Waals surface area (Å²) >= 11 is 5.70. The van der Waals surface area contributed by atoms with Crippen molar-refractivity contribution >= 4 is 11.6 Å². The second kappa shape index (κ2) is 2.74. The third-order valence-electron chi connectivity index (χ3n) is 1.50. The molecule has 0 aromatic heterocycles. The van der Waals surface area contributed by atoms with Gasteiger partial charge in [-0.05, 0) is 6.08 Å². The number of hydrogen-bond acceptors (Lipinski definition) is 2. The highest BCUT2D eigenvalue weighted by Gasteiger charge is 2.23. The minimum atomic E-state index is -0.633. The Morgan fingerprint density at radius 2 is 2.50 bits per heavy atom. The summed E-state index contributed by atoms with van der Waals surface area (Å²) in [4.78, 5) is 0. The lowest BCUT2D eigenvalue weighted by molar-refractivity contribution is 0.227. The molecule has 0 heterocycles. The highest BCUT2D eigenvalue weighted by Crippen LogP contribution is 2.22. The van der Waals surface area contributed by atoms with E-state index in [4.69, 9.17) is 22.4 Å². The number of hydrogen-bond donors (Lipinski definition) is 2.